The number of carboxylic acid groups (broad SMARTS) is 1. The molecule has 1 unspecified atom stereocenters. The number of aryl methyl sites for hydroxylation is 1. The summed E-state index contributed by atoms with van der Waals surface area (Å²) in [5, 5.41) is 8.64. The van der Waals surface area contributed by atoms with E-state index in [2.05, 4.69) is 0 Å². The molecule has 0 aliphatic carbocycles. The molecule has 0 spiro atoms. The second-order valence-corrected chi connectivity index (χ2v) is 7.73. The fourth-order valence-corrected chi connectivity index (χ4v) is 3.28. The predicted octanol–water partition coefficient (Wildman–Crippen LogP) is 0.154. The first-order chi connectivity index (χ1) is 11.1. The number of furan rings is 1. The number of carbonyl (C=O) groups excluding carboxylic acids is 1. The van der Waals surface area contributed by atoms with E-state index in [9.17, 15) is 18.0 Å². The minimum Gasteiger partial charge on any atom is -0.481 e. The van der Waals surface area contributed by atoms with E-state index in [1.54, 1.807) is 0 Å². The molecule has 0 saturated carbocycles. The fourth-order valence-electron chi connectivity index (χ4n) is 2.42. The van der Waals surface area contributed by atoms with Gasteiger partial charge >= 0.3 is 5.97 Å². The molecule has 1 aliphatic rings. The first-order valence-electron chi connectivity index (χ1n) is 7.28. The van der Waals surface area contributed by atoms with Crippen molar-refractivity contribution in [3.05, 3.63) is 17.4 Å². The van der Waals surface area contributed by atoms with Crippen molar-refractivity contribution in [2.45, 2.75) is 24.5 Å². The van der Waals surface area contributed by atoms with E-state index < -0.39 is 27.9 Å². The van der Waals surface area contributed by atoms with Crippen LogP contribution in [0.4, 0.5) is 0 Å². The lowest BCUT2D eigenvalue weighted by molar-refractivity contribution is -0.139. The molecule has 1 atom stereocenters. The monoisotopic (exact) mass is 360 g/mol. The molecule has 1 saturated heterocycles. The fraction of sp³-hybridized carbons (Fsp3) is 0.571. The molecule has 1 aromatic heterocycles. The van der Waals surface area contributed by atoms with Gasteiger partial charge in [-0.25, -0.2) is 12.7 Å². The summed E-state index contributed by atoms with van der Waals surface area (Å²) in [7, 11) is -1.08. The van der Waals surface area contributed by atoms with Gasteiger partial charge in [0, 0.05) is 26.7 Å². The van der Waals surface area contributed by atoms with Crippen LogP contribution in [0.3, 0.4) is 0 Å². The Balaban J connectivity index is 2.32. The van der Waals surface area contributed by atoms with Crippen molar-refractivity contribution in [1.29, 1.82) is 0 Å². The van der Waals surface area contributed by atoms with Crippen LogP contribution in [-0.2, 0) is 19.6 Å². The molecule has 10 heteroatoms. The summed E-state index contributed by atoms with van der Waals surface area (Å²) in [5.41, 5.74) is 0.104. The highest BCUT2D eigenvalue weighted by Gasteiger charge is 2.33. The lowest BCUT2D eigenvalue weighted by Gasteiger charge is -2.34. The van der Waals surface area contributed by atoms with Crippen LogP contribution in [0, 0.1) is 6.92 Å². The zero-order chi connectivity index (χ0) is 18.1. The number of carbonyl (C=O) groups is 2. The number of hydrogen-bond donors (Lipinski definition) is 1. The van der Waals surface area contributed by atoms with Crippen LogP contribution < -0.4 is 0 Å². The standard InChI is InChI=1S/C14H20N2O7S/c1-9-11(7-13(23-9)24(20,21)15(2)3)14(19)16-4-5-22-8-10(16)6-12(17)18/h7,10H,4-6,8H2,1-3H3,(H,17,18). The van der Waals surface area contributed by atoms with Crippen LogP contribution in [0.5, 0.6) is 0 Å². The number of aliphatic carboxylic acids is 1. The largest absolute Gasteiger partial charge is 0.481 e. The Morgan fingerprint density at radius 1 is 1.42 bits per heavy atom. The molecule has 0 bridgehead atoms. The average molecular weight is 360 g/mol. The molecule has 9 nitrogen and oxygen atoms in total. The molecule has 1 fully saturated rings. The Kier molecular flexibility index (Phi) is 5.31. The highest BCUT2D eigenvalue weighted by molar-refractivity contribution is 7.88. The van der Waals surface area contributed by atoms with Crippen LogP contribution in [0.2, 0.25) is 0 Å². The first-order valence-corrected chi connectivity index (χ1v) is 8.72. The summed E-state index contributed by atoms with van der Waals surface area (Å²) in [6, 6.07) is 0.576. The topological polar surface area (TPSA) is 117 Å². The number of amides is 1. The Bertz CT molecular complexity index is 738. The summed E-state index contributed by atoms with van der Waals surface area (Å²) < 4.78 is 35.7. The van der Waals surface area contributed by atoms with Crippen molar-refractivity contribution in [2.75, 3.05) is 33.9 Å². The van der Waals surface area contributed by atoms with Crippen LogP contribution in [-0.4, -0.2) is 74.5 Å². The van der Waals surface area contributed by atoms with Crippen molar-refractivity contribution in [1.82, 2.24) is 9.21 Å². The molecule has 134 valence electrons. The lowest BCUT2D eigenvalue weighted by Crippen LogP contribution is -2.49. The maximum Gasteiger partial charge on any atom is 0.305 e. The Morgan fingerprint density at radius 3 is 2.67 bits per heavy atom. The van der Waals surface area contributed by atoms with Gasteiger partial charge in [0.2, 0.25) is 5.09 Å². The summed E-state index contributed by atoms with van der Waals surface area (Å²) in [5.74, 6) is -1.34. The smallest absolute Gasteiger partial charge is 0.305 e. The molecule has 24 heavy (non-hydrogen) atoms. The summed E-state index contributed by atoms with van der Waals surface area (Å²) >= 11 is 0. The van der Waals surface area contributed by atoms with E-state index in [1.165, 1.54) is 32.0 Å². The third kappa shape index (κ3) is 3.60. The minimum absolute atomic E-state index is 0.104. The van der Waals surface area contributed by atoms with Gasteiger partial charge < -0.3 is 19.2 Å². The van der Waals surface area contributed by atoms with Crippen molar-refractivity contribution >= 4 is 21.9 Å². The van der Waals surface area contributed by atoms with E-state index in [0.717, 1.165) is 4.31 Å². The van der Waals surface area contributed by atoms with Gasteiger partial charge in [-0.15, -0.1) is 0 Å². The SMILES string of the molecule is Cc1oc(S(=O)(=O)N(C)C)cc1C(=O)N1CCOCC1CC(=O)O. The van der Waals surface area contributed by atoms with Crippen LogP contribution in [0.1, 0.15) is 22.5 Å². The van der Waals surface area contributed by atoms with Gasteiger partial charge in [-0.3, -0.25) is 9.59 Å². The Labute approximate surface area is 139 Å². The number of rotatable bonds is 5. The van der Waals surface area contributed by atoms with Gasteiger partial charge in [0.05, 0.1) is 31.2 Å². The summed E-state index contributed by atoms with van der Waals surface area (Å²) in [6.45, 7) is 2.14. The van der Waals surface area contributed by atoms with Gasteiger partial charge in [-0.2, -0.15) is 0 Å². The van der Waals surface area contributed by atoms with Crippen LogP contribution >= 0.6 is 0 Å². The zero-order valence-corrected chi connectivity index (χ0v) is 14.5. The van der Waals surface area contributed by atoms with E-state index in [1.807, 2.05) is 0 Å². The van der Waals surface area contributed by atoms with Crippen molar-refractivity contribution in [2.24, 2.45) is 0 Å². The van der Waals surface area contributed by atoms with Gasteiger partial charge in [0.15, 0.2) is 0 Å². The number of nitrogens with zero attached hydrogens (tertiary/aromatic N) is 2. The van der Waals surface area contributed by atoms with Gasteiger partial charge in [-0.1, -0.05) is 0 Å². The van der Waals surface area contributed by atoms with E-state index in [0.29, 0.717) is 6.61 Å². The first kappa shape index (κ1) is 18.4. The quantitative estimate of drug-likeness (QED) is 0.794. The number of morpholine rings is 1. The number of sulfonamides is 1. The predicted molar refractivity (Wildman–Crippen MR) is 82.2 cm³/mol. The molecule has 0 aromatic carbocycles. The molecule has 1 N–H and O–H groups in total. The van der Waals surface area contributed by atoms with Gasteiger partial charge in [-0.05, 0) is 6.92 Å². The third-order valence-electron chi connectivity index (χ3n) is 3.76. The minimum atomic E-state index is -3.80. The van der Waals surface area contributed by atoms with Gasteiger partial charge in [0.1, 0.15) is 5.76 Å². The molecule has 2 heterocycles. The zero-order valence-electron chi connectivity index (χ0n) is 13.7. The van der Waals surface area contributed by atoms with Crippen molar-refractivity contribution < 1.29 is 32.3 Å². The molecule has 1 aromatic rings. The summed E-state index contributed by atoms with van der Waals surface area (Å²) in [4.78, 5) is 25.1. The molecular formula is C14H20N2O7S. The highest BCUT2D eigenvalue weighted by atomic mass is 32.2. The van der Waals surface area contributed by atoms with Crippen molar-refractivity contribution in [3.8, 4) is 0 Å². The van der Waals surface area contributed by atoms with E-state index in [-0.39, 0.29) is 36.0 Å². The average Bonchev–Trinajstić information content (AvgIpc) is 2.89. The molecular weight excluding hydrogens is 340 g/mol. The van der Waals surface area contributed by atoms with Gasteiger partial charge in [0.25, 0.3) is 15.9 Å². The second kappa shape index (κ2) is 6.91. The molecule has 2 rings (SSSR count). The van der Waals surface area contributed by atoms with E-state index in [4.69, 9.17) is 14.3 Å². The Hall–Kier alpha value is -1.91. The number of carboxylic acids is 1. The van der Waals surface area contributed by atoms with Crippen LogP contribution in [0.25, 0.3) is 0 Å². The number of ether oxygens (including phenoxy) is 1. The third-order valence-corrected chi connectivity index (χ3v) is 5.43. The molecule has 1 amide bonds. The number of hydrogen-bond acceptors (Lipinski definition) is 6. The van der Waals surface area contributed by atoms with Crippen molar-refractivity contribution in [3.63, 3.8) is 0 Å². The maximum absolute atomic E-state index is 12.7. The molecule has 1 aliphatic heterocycles. The highest BCUT2D eigenvalue weighted by Crippen LogP contribution is 2.24. The second-order valence-electron chi connectivity index (χ2n) is 5.65. The van der Waals surface area contributed by atoms with E-state index >= 15 is 0 Å². The molecule has 0 radical (unpaired) electrons. The maximum atomic E-state index is 12.7. The Morgan fingerprint density at radius 2 is 2.08 bits per heavy atom. The summed E-state index contributed by atoms with van der Waals surface area (Å²) in [6.07, 6.45) is -0.245. The normalized spacial score (nSPS) is 18.8. The van der Waals surface area contributed by atoms with Crippen LogP contribution in [0.15, 0.2) is 15.6 Å². The lowest BCUT2D eigenvalue weighted by atomic mass is 10.1.